The Kier molecular flexibility index (Phi) is 4.56. The van der Waals surface area contributed by atoms with Gasteiger partial charge in [-0.25, -0.2) is 4.98 Å². The molecule has 2 heterocycles. The van der Waals surface area contributed by atoms with Crippen LogP contribution in [0.3, 0.4) is 0 Å². The highest BCUT2D eigenvalue weighted by atomic mass is 32.2. The predicted octanol–water partition coefficient (Wildman–Crippen LogP) is 2.01. The van der Waals surface area contributed by atoms with Gasteiger partial charge >= 0.3 is 0 Å². The van der Waals surface area contributed by atoms with Crippen LogP contribution >= 0.6 is 0 Å². The van der Waals surface area contributed by atoms with E-state index >= 15 is 0 Å². The van der Waals surface area contributed by atoms with Gasteiger partial charge < -0.3 is 10.3 Å². The Morgan fingerprint density at radius 2 is 2.17 bits per heavy atom. The zero-order valence-corrected chi connectivity index (χ0v) is 12.0. The van der Waals surface area contributed by atoms with Gasteiger partial charge in [0, 0.05) is 40.6 Å². The molecule has 102 valence electrons. The van der Waals surface area contributed by atoms with Crippen molar-refractivity contribution < 1.29 is 4.21 Å². The highest BCUT2D eigenvalue weighted by molar-refractivity contribution is 7.85. The van der Waals surface area contributed by atoms with Crippen LogP contribution in [0.5, 0.6) is 0 Å². The van der Waals surface area contributed by atoms with E-state index in [1.54, 1.807) is 0 Å². The summed E-state index contributed by atoms with van der Waals surface area (Å²) in [6.45, 7) is 4.37. The first-order valence-corrected chi connectivity index (χ1v) is 8.19. The number of hydrogen-bond acceptors (Lipinski definition) is 3. The van der Waals surface area contributed by atoms with Gasteiger partial charge in [-0.2, -0.15) is 0 Å². The highest BCUT2D eigenvalue weighted by Crippen LogP contribution is 2.27. The van der Waals surface area contributed by atoms with Gasteiger partial charge in [0.25, 0.3) is 0 Å². The molecule has 0 saturated carbocycles. The molecule has 1 aromatic rings. The zero-order valence-electron chi connectivity index (χ0n) is 11.2. The van der Waals surface area contributed by atoms with Crippen LogP contribution in [-0.4, -0.2) is 25.3 Å². The molecule has 4 nitrogen and oxygen atoms in total. The second-order valence-electron chi connectivity index (χ2n) is 5.54. The average Bonchev–Trinajstić information content (AvgIpc) is 2.78. The van der Waals surface area contributed by atoms with Gasteiger partial charge in [0.2, 0.25) is 0 Å². The van der Waals surface area contributed by atoms with Gasteiger partial charge in [-0.3, -0.25) is 4.21 Å². The largest absolute Gasteiger partial charge is 0.330 e. The predicted molar refractivity (Wildman–Crippen MR) is 74.8 cm³/mol. The van der Waals surface area contributed by atoms with Crippen molar-refractivity contribution in [2.24, 2.45) is 11.7 Å². The lowest BCUT2D eigenvalue weighted by atomic mass is 10.0. The third kappa shape index (κ3) is 3.20. The lowest BCUT2D eigenvalue weighted by Crippen LogP contribution is -2.25. The maximum absolute atomic E-state index is 11.4. The molecule has 1 aromatic heterocycles. The van der Waals surface area contributed by atoms with E-state index in [2.05, 4.69) is 23.4 Å². The van der Waals surface area contributed by atoms with E-state index in [0.717, 1.165) is 36.5 Å². The number of aromatic nitrogens is 2. The monoisotopic (exact) mass is 269 g/mol. The molecule has 0 amide bonds. The molecule has 1 aliphatic rings. The van der Waals surface area contributed by atoms with Crippen LogP contribution in [0.1, 0.15) is 50.9 Å². The van der Waals surface area contributed by atoms with Gasteiger partial charge in [0.15, 0.2) is 0 Å². The summed E-state index contributed by atoms with van der Waals surface area (Å²) >= 11 is 0. The normalized spacial score (nSPS) is 26.4. The van der Waals surface area contributed by atoms with Crippen LogP contribution < -0.4 is 5.73 Å². The lowest BCUT2D eigenvalue weighted by Gasteiger charge is -2.26. The number of imidazole rings is 1. The lowest BCUT2D eigenvalue weighted by molar-refractivity contribution is 0.418. The van der Waals surface area contributed by atoms with E-state index in [9.17, 15) is 4.21 Å². The van der Waals surface area contributed by atoms with E-state index in [-0.39, 0.29) is 6.04 Å². The molecule has 0 aromatic carbocycles. The first-order valence-electron chi connectivity index (χ1n) is 6.70. The molecule has 2 rings (SSSR count). The Bertz CT molecular complexity index is 406. The van der Waals surface area contributed by atoms with Crippen molar-refractivity contribution in [3.63, 3.8) is 0 Å². The Labute approximate surface area is 111 Å². The summed E-state index contributed by atoms with van der Waals surface area (Å²) in [6, 6.07) is 0.485. The van der Waals surface area contributed by atoms with Crippen molar-refractivity contribution in [2.45, 2.75) is 45.2 Å². The third-order valence-corrected chi connectivity index (χ3v) is 4.93. The molecule has 5 heteroatoms. The second kappa shape index (κ2) is 5.97. The summed E-state index contributed by atoms with van der Waals surface area (Å²) in [6.07, 6.45) is 6.70. The first-order chi connectivity index (χ1) is 8.58. The van der Waals surface area contributed by atoms with Crippen molar-refractivity contribution in [3.05, 3.63) is 18.2 Å². The maximum atomic E-state index is 11.4. The molecule has 2 N–H and O–H groups in total. The van der Waals surface area contributed by atoms with Crippen molar-refractivity contribution in [2.75, 3.05) is 11.5 Å². The molecule has 0 spiro atoms. The molecular formula is C13H23N3OS. The number of nitrogens with zero attached hydrogens (tertiary/aromatic N) is 2. The van der Waals surface area contributed by atoms with Gasteiger partial charge in [-0.05, 0) is 25.2 Å². The van der Waals surface area contributed by atoms with E-state index in [4.69, 9.17) is 5.73 Å². The van der Waals surface area contributed by atoms with Crippen LogP contribution in [0.25, 0.3) is 0 Å². The summed E-state index contributed by atoms with van der Waals surface area (Å²) in [5, 5.41) is 0. The molecule has 1 atom stereocenters. The SMILES string of the molecule is CC(C)CC(N)c1cncn1C1CCS(=O)CC1. The summed E-state index contributed by atoms with van der Waals surface area (Å²) < 4.78 is 13.6. The molecule has 1 unspecified atom stereocenters. The third-order valence-electron chi connectivity index (χ3n) is 3.55. The first kappa shape index (κ1) is 13.7. The van der Waals surface area contributed by atoms with Gasteiger partial charge in [0.1, 0.15) is 0 Å². The summed E-state index contributed by atoms with van der Waals surface area (Å²) in [7, 11) is -0.614. The number of nitrogens with two attached hydrogens (primary N) is 1. The second-order valence-corrected chi connectivity index (χ2v) is 7.24. The fourth-order valence-corrected chi connectivity index (χ4v) is 3.87. The van der Waals surface area contributed by atoms with Gasteiger partial charge in [-0.1, -0.05) is 13.8 Å². The quantitative estimate of drug-likeness (QED) is 0.909. The van der Waals surface area contributed by atoms with Crippen LogP contribution in [-0.2, 0) is 10.8 Å². The fraction of sp³-hybridized carbons (Fsp3) is 0.769. The van der Waals surface area contributed by atoms with Gasteiger partial charge in [0.05, 0.1) is 12.0 Å². The zero-order chi connectivity index (χ0) is 13.1. The van der Waals surface area contributed by atoms with Crippen molar-refractivity contribution in [1.82, 2.24) is 9.55 Å². The molecule has 1 fully saturated rings. The molecule has 0 bridgehead atoms. The maximum Gasteiger partial charge on any atom is 0.0951 e. The Hall–Kier alpha value is -0.680. The Balaban J connectivity index is 2.09. The number of hydrogen-bond donors (Lipinski definition) is 1. The average molecular weight is 269 g/mol. The van der Waals surface area contributed by atoms with E-state index < -0.39 is 10.8 Å². The molecule has 0 radical (unpaired) electrons. The highest BCUT2D eigenvalue weighted by Gasteiger charge is 2.23. The van der Waals surface area contributed by atoms with Crippen LogP contribution in [0, 0.1) is 5.92 Å². The number of rotatable bonds is 4. The Morgan fingerprint density at radius 1 is 1.50 bits per heavy atom. The minimum absolute atomic E-state index is 0.0555. The molecular weight excluding hydrogens is 246 g/mol. The summed E-state index contributed by atoms with van der Waals surface area (Å²) in [5.74, 6) is 2.20. The minimum Gasteiger partial charge on any atom is -0.330 e. The molecule has 1 saturated heterocycles. The van der Waals surface area contributed by atoms with E-state index in [1.807, 2.05) is 12.5 Å². The topological polar surface area (TPSA) is 60.9 Å². The minimum atomic E-state index is -0.614. The standard InChI is InChI=1S/C13H23N3OS/c1-10(2)7-12(14)13-8-15-9-16(13)11-3-5-18(17)6-4-11/h8-12H,3-7,14H2,1-2H3. The summed E-state index contributed by atoms with van der Waals surface area (Å²) in [5.41, 5.74) is 7.38. The van der Waals surface area contributed by atoms with Crippen molar-refractivity contribution in [1.29, 1.82) is 0 Å². The van der Waals surface area contributed by atoms with E-state index in [0.29, 0.717) is 12.0 Å². The van der Waals surface area contributed by atoms with Crippen molar-refractivity contribution in [3.8, 4) is 0 Å². The molecule has 1 aliphatic heterocycles. The fourth-order valence-electron chi connectivity index (χ4n) is 2.60. The van der Waals surface area contributed by atoms with Crippen LogP contribution in [0.2, 0.25) is 0 Å². The van der Waals surface area contributed by atoms with Crippen LogP contribution in [0.4, 0.5) is 0 Å². The Morgan fingerprint density at radius 3 is 2.78 bits per heavy atom. The smallest absolute Gasteiger partial charge is 0.0951 e. The van der Waals surface area contributed by atoms with E-state index in [1.165, 1.54) is 0 Å². The summed E-state index contributed by atoms with van der Waals surface area (Å²) in [4.78, 5) is 4.25. The molecule has 18 heavy (non-hydrogen) atoms. The van der Waals surface area contributed by atoms with Gasteiger partial charge in [-0.15, -0.1) is 0 Å². The van der Waals surface area contributed by atoms with Crippen molar-refractivity contribution >= 4 is 10.8 Å². The van der Waals surface area contributed by atoms with Crippen LogP contribution in [0.15, 0.2) is 12.5 Å². The molecule has 0 aliphatic carbocycles.